The molecule has 1 amide bonds. The van der Waals surface area contributed by atoms with Crippen molar-refractivity contribution in [2.75, 3.05) is 13.6 Å². The molecule has 44 heavy (non-hydrogen) atoms. The van der Waals surface area contributed by atoms with Gasteiger partial charge < -0.3 is 14.8 Å². The summed E-state index contributed by atoms with van der Waals surface area (Å²) in [5.74, 6) is -1.29. The van der Waals surface area contributed by atoms with Crippen LogP contribution in [0.25, 0.3) is 22.3 Å². The number of halogens is 1. The number of hydrogen-bond donors (Lipinski definition) is 3. The fourth-order valence-electron chi connectivity index (χ4n) is 5.54. The van der Waals surface area contributed by atoms with E-state index in [4.69, 9.17) is 9.52 Å². The maximum atomic E-state index is 13.6. The Labute approximate surface area is 256 Å². The summed E-state index contributed by atoms with van der Waals surface area (Å²) in [7, 11) is -2.07. The van der Waals surface area contributed by atoms with E-state index in [1.165, 1.54) is 19.2 Å². The van der Waals surface area contributed by atoms with E-state index in [-0.39, 0.29) is 23.1 Å². The Kier molecular flexibility index (Phi) is 9.80. The van der Waals surface area contributed by atoms with Gasteiger partial charge in [0.05, 0.1) is 16.9 Å². The molecule has 1 aliphatic carbocycles. The van der Waals surface area contributed by atoms with Crippen LogP contribution in [-0.4, -0.2) is 39.0 Å². The summed E-state index contributed by atoms with van der Waals surface area (Å²) in [5, 5.41) is 12.3. The third-order valence-corrected chi connectivity index (χ3v) is 9.37. The van der Waals surface area contributed by atoms with E-state index >= 15 is 0 Å². The number of sulfonamides is 1. The zero-order valence-electron chi connectivity index (χ0n) is 24.7. The molecule has 1 saturated carbocycles. The first-order chi connectivity index (χ1) is 21.1. The van der Waals surface area contributed by atoms with Gasteiger partial charge in [0, 0.05) is 24.5 Å². The van der Waals surface area contributed by atoms with Crippen LogP contribution in [0, 0.1) is 5.82 Å². The molecule has 0 spiro atoms. The number of aromatic carboxylic acids is 1. The summed E-state index contributed by atoms with van der Waals surface area (Å²) in [4.78, 5) is 23.9. The minimum Gasteiger partial charge on any atom is -0.478 e. The van der Waals surface area contributed by atoms with Gasteiger partial charge in [-0.2, -0.15) is 0 Å². The zero-order valence-corrected chi connectivity index (χ0v) is 25.5. The standard InChI is InChI=1S/C34H37FN2O6S/c1-36-33(38)31-29-20-28(23-12-13-23)26(19-30(29)43-32(31)24-14-16-27(35)17-15-24)21-44(41,42)37-18-6-4-2-3-5-7-22-8-10-25(11-9-22)34(39)40/h8-11,14-17,19-20,23,37H,2-7,12-13,18,21H2,1H3,(H,36,38)(H,39,40). The maximum absolute atomic E-state index is 13.6. The molecule has 0 aliphatic heterocycles. The van der Waals surface area contributed by atoms with E-state index in [0.717, 1.165) is 62.5 Å². The van der Waals surface area contributed by atoms with Gasteiger partial charge in [-0.3, -0.25) is 4.79 Å². The highest BCUT2D eigenvalue weighted by Crippen LogP contribution is 2.45. The molecule has 1 aliphatic rings. The quantitative estimate of drug-likeness (QED) is 0.126. The van der Waals surface area contributed by atoms with E-state index in [1.54, 1.807) is 30.3 Å². The molecule has 0 bridgehead atoms. The second-order valence-electron chi connectivity index (χ2n) is 11.4. The number of furan rings is 1. The number of unbranched alkanes of at least 4 members (excludes halogenated alkanes) is 4. The molecule has 0 atom stereocenters. The molecule has 5 rings (SSSR count). The monoisotopic (exact) mass is 620 g/mol. The van der Waals surface area contributed by atoms with Crippen molar-refractivity contribution in [2.24, 2.45) is 0 Å². The molecule has 0 unspecified atom stereocenters. The normalized spacial score (nSPS) is 13.3. The number of carbonyl (C=O) groups excluding carboxylic acids is 1. The molecule has 1 fully saturated rings. The van der Waals surface area contributed by atoms with Gasteiger partial charge in [-0.25, -0.2) is 22.3 Å². The number of rotatable bonds is 15. The second-order valence-corrected chi connectivity index (χ2v) is 13.2. The van der Waals surface area contributed by atoms with Crippen LogP contribution in [0.1, 0.15) is 88.3 Å². The predicted molar refractivity (Wildman–Crippen MR) is 168 cm³/mol. The molecule has 10 heteroatoms. The Morgan fingerprint density at radius 2 is 1.64 bits per heavy atom. The fourth-order valence-corrected chi connectivity index (χ4v) is 6.75. The third kappa shape index (κ3) is 7.73. The van der Waals surface area contributed by atoms with Crippen LogP contribution in [0.3, 0.4) is 0 Å². The Hall–Kier alpha value is -4.02. The van der Waals surface area contributed by atoms with E-state index in [1.807, 2.05) is 18.2 Å². The van der Waals surface area contributed by atoms with Crippen molar-refractivity contribution in [2.45, 2.75) is 63.0 Å². The van der Waals surface area contributed by atoms with Crippen LogP contribution < -0.4 is 10.0 Å². The number of carboxylic acids is 1. The number of aryl methyl sites for hydroxylation is 1. The van der Waals surface area contributed by atoms with E-state index < -0.39 is 21.8 Å². The van der Waals surface area contributed by atoms with Crippen molar-refractivity contribution < 1.29 is 31.9 Å². The Morgan fingerprint density at radius 3 is 2.30 bits per heavy atom. The van der Waals surface area contributed by atoms with E-state index in [9.17, 15) is 22.4 Å². The molecule has 8 nitrogen and oxygen atoms in total. The Morgan fingerprint density at radius 1 is 0.955 bits per heavy atom. The molecule has 232 valence electrons. The smallest absolute Gasteiger partial charge is 0.335 e. The van der Waals surface area contributed by atoms with Crippen LogP contribution in [-0.2, 0) is 22.2 Å². The lowest BCUT2D eigenvalue weighted by Crippen LogP contribution is -2.26. The highest BCUT2D eigenvalue weighted by atomic mass is 32.2. The third-order valence-electron chi connectivity index (χ3n) is 8.04. The topological polar surface area (TPSA) is 126 Å². The molecule has 3 N–H and O–H groups in total. The first-order valence-corrected chi connectivity index (χ1v) is 16.7. The van der Waals surface area contributed by atoms with Crippen LogP contribution in [0.2, 0.25) is 0 Å². The van der Waals surface area contributed by atoms with E-state index in [2.05, 4.69) is 10.0 Å². The minimum atomic E-state index is -3.61. The van der Waals surface area contributed by atoms with Crippen LogP contribution >= 0.6 is 0 Å². The van der Waals surface area contributed by atoms with Crippen molar-refractivity contribution in [3.63, 3.8) is 0 Å². The van der Waals surface area contributed by atoms with Gasteiger partial charge in [-0.15, -0.1) is 0 Å². The molecular weight excluding hydrogens is 583 g/mol. The first kappa shape index (κ1) is 31.4. The zero-order chi connectivity index (χ0) is 31.3. The van der Waals surface area contributed by atoms with Crippen molar-refractivity contribution in [1.82, 2.24) is 10.0 Å². The SMILES string of the molecule is CNC(=O)c1c(-c2ccc(F)cc2)oc2cc(CS(=O)(=O)NCCCCCCCc3ccc(C(=O)O)cc3)c(C3CC3)cc12. The summed E-state index contributed by atoms with van der Waals surface area (Å²) < 4.78 is 48.6. The molecule has 1 heterocycles. The van der Waals surface area contributed by atoms with Gasteiger partial charge in [0.25, 0.3) is 5.91 Å². The lowest BCUT2D eigenvalue weighted by Gasteiger charge is -2.11. The molecule has 0 radical (unpaired) electrons. The predicted octanol–water partition coefficient (Wildman–Crippen LogP) is 6.79. The summed E-state index contributed by atoms with van der Waals surface area (Å²) in [6, 6.07) is 16.3. The molecule has 4 aromatic rings. The summed E-state index contributed by atoms with van der Waals surface area (Å²) in [6.07, 6.45) is 7.42. The Bertz CT molecular complexity index is 1740. The molecule has 1 aromatic heterocycles. The largest absolute Gasteiger partial charge is 0.478 e. The van der Waals surface area contributed by atoms with Crippen molar-refractivity contribution >= 4 is 32.9 Å². The highest BCUT2D eigenvalue weighted by molar-refractivity contribution is 7.88. The minimum absolute atomic E-state index is 0.183. The van der Waals surface area contributed by atoms with Crippen molar-refractivity contribution in [3.8, 4) is 11.3 Å². The number of carboxylic acid groups (broad SMARTS) is 1. The highest BCUT2D eigenvalue weighted by Gasteiger charge is 2.30. The maximum Gasteiger partial charge on any atom is 0.335 e. The average Bonchev–Trinajstić information content (AvgIpc) is 3.78. The van der Waals surface area contributed by atoms with Gasteiger partial charge in [-0.05, 0) is 103 Å². The number of fused-ring (bicyclic) bond motifs is 1. The summed E-state index contributed by atoms with van der Waals surface area (Å²) in [5.41, 5.74) is 4.28. The number of hydrogen-bond acceptors (Lipinski definition) is 5. The first-order valence-electron chi connectivity index (χ1n) is 15.0. The van der Waals surface area contributed by atoms with E-state index in [0.29, 0.717) is 40.0 Å². The van der Waals surface area contributed by atoms with Gasteiger partial charge >= 0.3 is 5.97 Å². The van der Waals surface area contributed by atoms with Crippen LogP contribution in [0.5, 0.6) is 0 Å². The fraction of sp³-hybridized carbons (Fsp3) is 0.353. The van der Waals surface area contributed by atoms with Gasteiger partial charge in [0.15, 0.2) is 0 Å². The summed E-state index contributed by atoms with van der Waals surface area (Å²) in [6.45, 7) is 0.357. The number of carbonyl (C=O) groups is 2. The summed E-state index contributed by atoms with van der Waals surface area (Å²) >= 11 is 0. The number of nitrogens with one attached hydrogen (secondary N) is 2. The Balaban J connectivity index is 1.19. The van der Waals surface area contributed by atoms with Gasteiger partial charge in [-0.1, -0.05) is 31.4 Å². The lowest BCUT2D eigenvalue weighted by molar-refractivity contribution is 0.0696. The molecule has 0 saturated heterocycles. The van der Waals surface area contributed by atoms with Crippen molar-refractivity contribution in [3.05, 3.63) is 94.3 Å². The number of benzene rings is 3. The number of amides is 1. The lowest BCUT2D eigenvalue weighted by atomic mass is 9.98. The van der Waals surface area contributed by atoms with Gasteiger partial charge in [0.1, 0.15) is 17.2 Å². The van der Waals surface area contributed by atoms with Crippen molar-refractivity contribution in [1.29, 1.82) is 0 Å². The molecular formula is C34H37FN2O6S. The molecule has 3 aromatic carbocycles. The average molecular weight is 621 g/mol. The van der Waals surface area contributed by atoms with Crippen LogP contribution in [0.15, 0.2) is 65.1 Å². The van der Waals surface area contributed by atoms with Crippen LogP contribution in [0.4, 0.5) is 4.39 Å². The second kappa shape index (κ2) is 13.7. The van der Waals surface area contributed by atoms with Gasteiger partial charge in [0.2, 0.25) is 10.0 Å².